The Morgan fingerprint density at radius 1 is 1.67 bits per heavy atom. The third kappa shape index (κ3) is 1.25. The molecule has 1 aromatic rings. The van der Waals surface area contributed by atoms with Crippen LogP contribution in [-0.2, 0) is 25.1 Å². The van der Waals surface area contributed by atoms with Crippen molar-refractivity contribution in [2.24, 2.45) is 7.05 Å². The van der Waals surface area contributed by atoms with Crippen LogP contribution in [0.2, 0.25) is 0 Å². The Morgan fingerprint density at radius 3 is 3.25 bits per heavy atom. The molecular weight excluding hydrogens is 192 g/mol. The van der Waals surface area contributed by atoms with Gasteiger partial charge in [-0.05, 0) is 5.75 Å². The monoisotopic (exact) mass is 202 g/mol. The first-order chi connectivity index (χ1) is 5.83. The second-order valence-electron chi connectivity index (χ2n) is 2.93. The maximum absolute atomic E-state index is 5.84. The summed E-state index contributed by atoms with van der Waals surface area (Å²) in [5.41, 5.74) is 3.83. The molecule has 2 heterocycles. The van der Waals surface area contributed by atoms with Gasteiger partial charge in [-0.25, -0.2) is 0 Å². The highest BCUT2D eigenvalue weighted by molar-refractivity contribution is 7.98. The second-order valence-corrected chi connectivity index (χ2v) is 4.30. The Labute approximate surface area is 81.3 Å². The van der Waals surface area contributed by atoms with Crippen molar-refractivity contribution < 1.29 is 0 Å². The number of hydrogen-bond acceptors (Lipinski definition) is 2. The molecular formula is C8H11ClN2S. The van der Waals surface area contributed by atoms with Crippen molar-refractivity contribution in [3.05, 3.63) is 17.0 Å². The molecule has 0 amide bonds. The van der Waals surface area contributed by atoms with Crippen LogP contribution in [0.4, 0.5) is 0 Å². The zero-order valence-electron chi connectivity index (χ0n) is 7.01. The van der Waals surface area contributed by atoms with Gasteiger partial charge in [-0.3, -0.25) is 4.68 Å². The summed E-state index contributed by atoms with van der Waals surface area (Å²) in [5, 5.41) is 4.44. The first-order valence-corrected chi connectivity index (χ1v) is 5.69. The molecule has 1 aliphatic heterocycles. The van der Waals surface area contributed by atoms with Gasteiger partial charge >= 0.3 is 0 Å². The molecule has 1 aromatic heterocycles. The lowest BCUT2D eigenvalue weighted by atomic mass is 10.2. The number of aryl methyl sites for hydroxylation is 2. The second kappa shape index (κ2) is 3.30. The maximum Gasteiger partial charge on any atom is 0.0676 e. The van der Waals surface area contributed by atoms with E-state index in [0.717, 1.165) is 12.2 Å². The fourth-order valence-corrected chi connectivity index (χ4v) is 2.90. The lowest BCUT2D eigenvalue weighted by molar-refractivity contribution is 0.719. The van der Waals surface area contributed by atoms with Crippen molar-refractivity contribution >= 4 is 23.4 Å². The van der Waals surface area contributed by atoms with Crippen molar-refractivity contribution in [3.8, 4) is 0 Å². The van der Waals surface area contributed by atoms with Crippen molar-refractivity contribution in [2.75, 3.05) is 5.75 Å². The first-order valence-electron chi connectivity index (χ1n) is 4.00. The van der Waals surface area contributed by atoms with Gasteiger partial charge in [0.1, 0.15) is 0 Å². The molecule has 0 unspecified atom stereocenters. The highest BCUT2D eigenvalue weighted by atomic mass is 35.5. The van der Waals surface area contributed by atoms with Crippen molar-refractivity contribution in [1.82, 2.24) is 9.78 Å². The molecule has 0 saturated carbocycles. The minimum atomic E-state index is 0.583. The molecule has 2 nitrogen and oxygen atoms in total. The van der Waals surface area contributed by atoms with E-state index in [1.807, 2.05) is 23.5 Å². The van der Waals surface area contributed by atoms with E-state index in [1.165, 1.54) is 22.7 Å². The summed E-state index contributed by atoms with van der Waals surface area (Å²) < 4.78 is 1.92. The molecule has 66 valence electrons. The lowest BCUT2D eigenvalue weighted by Gasteiger charge is -2.09. The summed E-state index contributed by atoms with van der Waals surface area (Å²) in [5.74, 6) is 2.87. The molecule has 0 aliphatic carbocycles. The Balaban J connectivity index is 2.46. The molecule has 0 bridgehead atoms. The maximum atomic E-state index is 5.84. The highest BCUT2D eigenvalue weighted by Gasteiger charge is 2.18. The van der Waals surface area contributed by atoms with Gasteiger partial charge in [-0.1, -0.05) is 0 Å². The third-order valence-electron chi connectivity index (χ3n) is 2.21. The molecule has 12 heavy (non-hydrogen) atoms. The Morgan fingerprint density at radius 2 is 2.50 bits per heavy atom. The van der Waals surface area contributed by atoms with Crippen LogP contribution in [-0.4, -0.2) is 15.5 Å². The quantitative estimate of drug-likeness (QED) is 0.648. The van der Waals surface area contributed by atoms with Gasteiger partial charge in [0.2, 0.25) is 0 Å². The zero-order chi connectivity index (χ0) is 8.55. The first kappa shape index (κ1) is 8.45. The minimum absolute atomic E-state index is 0.583. The molecule has 0 saturated heterocycles. The average Bonchev–Trinajstić information content (AvgIpc) is 2.40. The number of thioether (sulfide) groups is 1. The van der Waals surface area contributed by atoms with Crippen molar-refractivity contribution in [1.29, 1.82) is 0 Å². The Kier molecular flexibility index (Phi) is 2.33. The molecule has 1 aliphatic rings. The number of rotatable bonds is 1. The van der Waals surface area contributed by atoms with Gasteiger partial charge in [0, 0.05) is 24.8 Å². The standard InChI is InChI=1S/C8H11ClN2S/c1-11-8(4-9)6-5-12-3-2-7(6)10-11/h2-5H2,1H3. The summed E-state index contributed by atoms with van der Waals surface area (Å²) in [4.78, 5) is 0. The van der Waals surface area contributed by atoms with Crippen LogP contribution in [0.3, 0.4) is 0 Å². The predicted octanol–water partition coefficient (Wildman–Crippen LogP) is 1.95. The molecule has 0 radical (unpaired) electrons. The third-order valence-corrected chi connectivity index (χ3v) is 3.45. The van der Waals surface area contributed by atoms with Gasteiger partial charge in [-0.2, -0.15) is 16.9 Å². The van der Waals surface area contributed by atoms with E-state index in [9.17, 15) is 0 Å². The molecule has 2 rings (SSSR count). The number of aromatic nitrogens is 2. The zero-order valence-corrected chi connectivity index (χ0v) is 8.58. The van der Waals surface area contributed by atoms with Crippen LogP contribution < -0.4 is 0 Å². The van der Waals surface area contributed by atoms with E-state index in [4.69, 9.17) is 11.6 Å². The van der Waals surface area contributed by atoms with Crippen LogP contribution in [0, 0.1) is 0 Å². The molecule has 0 spiro atoms. The van der Waals surface area contributed by atoms with Crippen LogP contribution in [0.1, 0.15) is 17.0 Å². The molecule has 0 aromatic carbocycles. The molecule has 0 N–H and O–H groups in total. The van der Waals surface area contributed by atoms with Crippen molar-refractivity contribution in [3.63, 3.8) is 0 Å². The fraction of sp³-hybridized carbons (Fsp3) is 0.625. The lowest BCUT2D eigenvalue weighted by Crippen LogP contribution is -2.01. The highest BCUT2D eigenvalue weighted by Crippen LogP contribution is 2.27. The van der Waals surface area contributed by atoms with Gasteiger partial charge in [0.15, 0.2) is 0 Å². The minimum Gasteiger partial charge on any atom is -0.271 e. The summed E-state index contributed by atoms with van der Waals surface area (Å²) in [6.07, 6.45) is 1.10. The largest absolute Gasteiger partial charge is 0.271 e. The molecule has 0 fully saturated rings. The van der Waals surface area contributed by atoms with Gasteiger partial charge in [0.25, 0.3) is 0 Å². The van der Waals surface area contributed by atoms with E-state index in [0.29, 0.717) is 5.88 Å². The van der Waals surface area contributed by atoms with Crippen LogP contribution in [0.15, 0.2) is 0 Å². The predicted molar refractivity (Wildman–Crippen MR) is 52.6 cm³/mol. The number of hydrogen-bond donors (Lipinski definition) is 0. The summed E-state index contributed by atoms with van der Waals surface area (Å²) in [6.45, 7) is 0. The Hall–Kier alpha value is -0.150. The van der Waals surface area contributed by atoms with Crippen LogP contribution in [0.25, 0.3) is 0 Å². The van der Waals surface area contributed by atoms with Gasteiger partial charge < -0.3 is 0 Å². The van der Waals surface area contributed by atoms with E-state index in [2.05, 4.69) is 5.10 Å². The number of fused-ring (bicyclic) bond motifs is 1. The van der Waals surface area contributed by atoms with Crippen LogP contribution >= 0.6 is 23.4 Å². The van der Waals surface area contributed by atoms with Gasteiger partial charge in [0.05, 0.1) is 17.3 Å². The summed E-state index contributed by atoms with van der Waals surface area (Å²) in [7, 11) is 1.97. The summed E-state index contributed by atoms with van der Waals surface area (Å²) in [6, 6.07) is 0. The van der Waals surface area contributed by atoms with E-state index in [1.54, 1.807) is 0 Å². The molecule has 4 heteroatoms. The van der Waals surface area contributed by atoms with E-state index in [-0.39, 0.29) is 0 Å². The van der Waals surface area contributed by atoms with E-state index >= 15 is 0 Å². The molecule has 0 atom stereocenters. The van der Waals surface area contributed by atoms with E-state index < -0.39 is 0 Å². The van der Waals surface area contributed by atoms with Crippen molar-refractivity contribution in [2.45, 2.75) is 18.1 Å². The smallest absolute Gasteiger partial charge is 0.0676 e. The number of halogens is 1. The number of nitrogens with zero attached hydrogens (tertiary/aromatic N) is 2. The fourth-order valence-electron chi connectivity index (χ4n) is 1.54. The summed E-state index contributed by atoms with van der Waals surface area (Å²) >= 11 is 7.81. The average molecular weight is 203 g/mol. The normalized spacial score (nSPS) is 16.2. The SMILES string of the molecule is Cn1nc2c(c1CCl)CSCC2. The van der Waals surface area contributed by atoms with Gasteiger partial charge in [-0.15, -0.1) is 11.6 Å². The Bertz CT molecular complexity index is 295. The number of alkyl halides is 1. The van der Waals surface area contributed by atoms with Crippen LogP contribution in [0.5, 0.6) is 0 Å². The topological polar surface area (TPSA) is 17.8 Å².